The van der Waals surface area contributed by atoms with Crippen LogP contribution < -0.4 is 16.4 Å². The Hall–Kier alpha value is -2.51. The first-order valence-corrected chi connectivity index (χ1v) is 8.23. The quantitative estimate of drug-likeness (QED) is 0.582. The molecule has 3 heterocycles. The number of amides is 1. The molecule has 3 aromatic rings. The number of hydrogen-bond donors (Lipinski definition) is 3. The van der Waals surface area contributed by atoms with E-state index in [1.54, 1.807) is 19.4 Å². The van der Waals surface area contributed by atoms with Gasteiger partial charge in [-0.15, -0.1) is 0 Å². The van der Waals surface area contributed by atoms with E-state index >= 15 is 0 Å². The highest BCUT2D eigenvalue weighted by Crippen LogP contribution is 2.33. The molecule has 25 heavy (non-hydrogen) atoms. The van der Waals surface area contributed by atoms with Gasteiger partial charge in [-0.3, -0.25) is 4.79 Å². The van der Waals surface area contributed by atoms with Crippen LogP contribution in [0.3, 0.4) is 0 Å². The smallest absolute Gasteiger partial charge is 0.256 e. The number of nitrogens with zero attached hydrogens (tertiary/aromatic N) is 1. The van der Waals surface area contributed by atoms with Crippen molar-refractivity contribution < 1.29 is 13.6 Å². The number of anilines is 1. The molecule has 0 spiro atoms. The van der Waals surface area contributed by atoms with Gasteiger partial charge in [-0.05, 0) is 19.1 Å². The molecule has 0 aromatic carbocycles. The Morgan fingerprint density at radius 1 is 1.48 bits per heavy atom. The fourth-order valence-electron chi connectivity index (χ4n) is 2.60. The molecule has 4 N–H and O–H groups in total. The van der Waals surface area contributed by atoms with E-state index in [0.717, 1.165) is 5.76 Å². The SMILES string of the molecule is CNC(=O)c1c(C[C@H](C)N)oc2c(NCc3ccco3)cc(Cl)nc12. The summed E-state index contributed by atoms with van der Waals surface area (Å²) in [4.78, 5) is 16.6. The van der Waals surface area contributed by atoms with E-state index in [9.17, 15) is 4.79 Å². The Balaban J connectivity index is 2.08. The van der Waals surface area contributed by atoms with Crippen molar-refractivity contribution in [3.63, 3.8) is 0 Å². The minimum absolute atomic E-state index is 0.168. The molecule has 1 amide bonds. The fraction of sp³-hybridized carbons (Fsp3) is 0.294. The minimum Gasteiger partial charge on any atom is -0.467 e. The van der Waals surface area contributed by atoms with Gasteiger partial charge in [0.1, 0.15) is 27.8 Å². The lowest BCUT2D eigenvalue weighted by Crippen LogP contribution is -2.22. The molecule has 0 bridgehead atoms. The van der Waals surface area contributed by atoms with Crippen molar-refractivity contribution in [2.75, 3.05) is 12.4 Å². The zero-order valence-corrected chi connectivity index (χ0v) is 14.7. The van der Waals surface area contributed by atoms with Crippen LogP contribution in [0.4, 0.5) is 5.69 Å². The van der Waals surface area contributed by atoms with E-state index in [-0.39, 0.29) is 17.1 Å². The second kappa shape index (κ2) is 7.16. The molecule has 0 aliphatic carbocycles. The summed E-state index contributed by atoms with van der Waals surface area (Å²) < 4.78 is 11.2. The number of fused-ring (bicyclic) bond motifs is 1. The number of pyridine rings is 1. The molecule has 1 atom stereocenters. The number of hydrogen-bond acceptors (Lipinski definition) is 6. The molecule has 132 valence electrons. The Morgan fingerprint density at radius 2 is 2.28 bits per heavy atom. The Kier molecular flexibility index (Phi) is 4.96. The maximum atomic E-state index is 12.3. The van der Waals surface area contributed by atoms with Gasteiger partial charge < -0.3 is 25.2 Å². The third-order valence-electron chi connectivity index (χ3n) is 3.68. The first kappa shape index (κ1) is 17.3. The molecular formula is C17H19ClN4O3. The molecule has 8 heteroatoms. The van der Waals surface area contributed by atoms with Gasteiger partial charge in [-0.2, -0.15) is 0 Å². The topological polar surface area (TPSA) is 106 Å². The van der Waals surface area contributed by atoms with Gasteiger partial charge in [0.15, 0.2) is 5.58 Å². The van der Waals surface area contributed by atoms with Crippen LogP contribution in [0.15, 0.2) is 33.3 Å². The maximum Gasteiger partial charge on any atom is 0.256 e. The van der Waals surface area contributed by atoms with Crippen molar-refractivity contribution in [1.29, 1.82) is 0 Å². The van der Waals surface area contributed by atoms with Crippen molar-refractivity contribution in [1.82, 2.24) is 10.3 Å². The lowest BCUT2D eigenvalue weighted by Gasteiger charge is -2.05. The van der Waals surface area contributed by atoms with E-state index in [1.165, 1.54) is 0 Å². The number of carbonyl (C=O) groups is 1. The van der Waals surface area contributed by atoms with Crippen LogP contribution in [-0.4, -0.2) is 24.0 Å². The van der Waals surface area contributed by atoms with Gasteiger partial charge >= 0.3 is 0 Å². The van der Waals surface area contributed by atoms with Crippen LogP contribution in [0.25, 0.3) is 11.1 Å². The summed E-state index contributed by atoms with van der Waals surface area (Å²) in [6.45, 7) is 2.29. The average molecular weight is 363 g/mol. The van der Waals surface area contributed by atoms with Gasteiger partial charge in [0.2, 0.25) is 0 Å². The molecule has 0 unspecified atom stereocenters. The van der Waals surface area contributed by atoms with Gasteiger partial charge in [0, 0.05) is 25.6 Å². The molecule has 7 nitrogen and oxygen atoms in total. The van der Waals surface area contributed by atoms with Crippen LogP contribution >= 0.6 is 11.6 Å². The molecule has 3 aromatic heterocycles. The largest absolute Gasteiger partial charge is 0.467 e. The molecule has 0 fully saturated rings. The first-order chi connectivity index (χ1) is 12.0. The van der Waals surface area contributed by atoms with E-state index < -0.39 is 0 Å². The summed E-state index contributed by atoms with van der Waals surface area (Å²) in [6, 6.07) is 5.15. The number of halogens is 1. The lowest BCUT2D eigenvalue weighted by molar-refractivity contribution is 0.0962. The summed E-state index contributed by atoms with van der Waals surface area (Å²) in [7, 11) is 1.55. The van der Waals surface area contributed by atoms with E-state index in [2.05, 4.69) is 15.6 Å². The van der Waals surface area contributed by atoms with E-state index in [4.69, 9.17) is 26.2 Å². The molecule has 0 saturated carbocycles. The Labute approximate surface area is 149 Å². The van der Waals surface area contributed by atoms with Crippen LogP contribution in [0.1, 0.15) is 28.8 Å². The zero-order chi connectivity index (χ0) is 18.0. The second-order valence-corrected chi connectivity index (χ2v) is 6.15. The van der Waals surface area contributed by atoms with Crippen LogP contribution in [0, 0.1) is 0 Å². The first-order valence-electron chi connectivity index (χ1n) is 7.85. The van der Waals surface area contributed by atoms with Crippen molar-refractivity contribution >= 4 is 34.3 Å². The molecule has 0 saturated heterocycles. The second-order valence-electron chi connectivity index (χ2n) is 5.76. The maximum absolute atomic E-state index is 12.3. The van der Waals surface area contributed by atoms with Gasteiger partial charge in [0.25, 0.3) is 5.91 Å². The number of carbonyl (C=O) groups excluding carboxylic acids is 1. The number of nitrogens with two attached hydrogens (primary N) is 1. The minimum atomic E-state index is -0.291. The van der Waals surface area contributed by atoms with Crippen LogP contribution in [0.5, 0.6) is 0 Å². The standard InChI is InChI=1S/C17H19ClN4O3/c1-9(19)6-12-14(17(23)20-2)15-16(25-12)11(7-13(18)22-15)21-8-10-4-3-5-24-10/h3-5,7,9H,6,8,19H2,1-2H3,(H,20,23)(H,21,22)/t9-/m0/s1. The predicted octanol–water partition coefficient (Wildman–Crippen LogP) is 2.94. The monoisotopic (exact) mass is 362 g/mol. The predicted molar refractivity (Wildman–Crippen MR) is 95.8 cm³/mol. The van der Waals surface area contributed by atoms with Crippen molar-refractivity contribution in [3.05, 3.63) is 46.7 Å². The van der Waals surface area contributed by atoms with E-state index in [1.807, 2.05) is 19.1 Å². The fourth-order valence-corrected chi connectivity index (χ4v) is 2.80. The highest BCUT2D eigenvalue weighted by molar-refractivity contribution is 6.30. The normalized spacial score (nSPS) is 12.3. The third-order valence-corrected chi connectivity index (χ3v) is 3.87. The number of aromatic nitrogens is 1. The van der Waals surface area contributed by atoms with Crippen molar-refractivity contribution in [2.45, 2.75) is 25.9 Å². The molecule has 0 radical (unpaired) electrons. The Morgan fingerprint density at radius 3 is 2.92 bits per heavy atom. The highest BCUT2D eigenvalue weighted by Gasteiger charge is 2.24. The van der Waals surface area contributed by atoms with Gasteiger partial charge in [-0.1, -0.05) is 11.6 Å². The number of nitrogens with one attached hydrogen (secondary N) is 2. The summed E-state index contributed by atoms with van der Waals surface area (Å²) in [5.74, 6) is 0.955. The van der Waals surface area contributed by atoms with Crippen molar-refractivity contribution in [3.8, 4) is 0 Å². The molecule has 0 aliphatic rings. The van der Waals surface area contributed by atoms with Crippen molar-refractivity contribution in [2.24, 2.45) is 5.73 Å². The third kappa shape index (κ3) is 3.62. The summed E-state index contributed by atoms with van der Waals surface area (Å²) in [5.41, 5.74) is 7.74. The van der Waals surface area contributed by atoms with Crippen LogP contribution in [0.2, 0.25) is 5.15 Å². The zero-order valence-electron chi connectivity index (χ0n) is 13.9. The van der Waals surface area contributed by atoms with Gasteiger partial charge in [-0.25, -0.2) is 4.98 Å². The molecule has 0 aliphatic heterocycles. The average Bonchev–Trinajstić information content (AvgIpc) is 3.19. The highest BCUT2D eigenvalue weighted by atomic mass is 35.5. The summed E-state index contributed by atoms with van der Waals surface area (Å²) in [5, 5.41) is 6.07. The van der Waals surface area contributed by atoms with Crippen LogP contribution in [-0.2, 0) is 13.0 Å². The number of furan rings is 2. The summed E-state index contributed by atoms with van der Waals surface area (Å²) >= 11 is 6.15. The lowest BCUT2D eigenvalue weighted by atomic mass is 10.1. The molecule has 3 rings (SSSR count). The molecular weight excluding hydrogens is 344 g/mol. The van der Waals surface area contributed by atoms with E-state index in [0.29, 0.717) is 41.1 Å². The van der Waals surface area contributed by atoms with Gasteiger partial charge in [0.05, 0.1) is 18.5 Å². The Bertz CT molecular complexity index is 887. The number of rotatable bonds is 6. The summed E-state index contributed by atoms with van der Waals surface area (Å²) in [6.07, 6.45) is 2.01.